The minimum atomic E-state index is -0.793. The van der Waals surface area contributed by atoms with Gasteiger partial charge in [0.1, 0.15) is 5.54 Å². The van der Waals surface area contributed by atoms with Crippen LogP contribution < -0.4 is 5.32 Å². The number of carboxylic acid groups (broad SMARTS) is 1. The third-order valence-corrected chi connectivity index (χ3v) is 3.88. The highest BCUT2D eigenvalue weighted by Gasteiger charge is 2.34. The van der Waals surface area contributed by atoms with Crippen LogP contribution in [0.2, 0.25) is 0 Å². The zero-order valence-corrected chi connectivity index (χ0v) is 12.4. The van der Waals surface area contributed by atoms with Crippen LogP contribution in [0, 0.1) is 13.8 Å². The monoisotopic (exact) mass is 267 g/mol. The van der Waals surface area contributed by atoms with E-state index in [0.29, 0.717) is 19.4 Å². The molecule has 1 aromatic heterocycles. The minimum Gasteiger partial charge on any atom is -0.480 e. The zero-order valence-electron chi connectivity index (χ0n) is 12.4. The van der Waals surface area contributed by atoms with Gasteiger partial charge in [-0.15, -0.1) is 0 Å². The van der Waals surface area contributed by atoms with Crippen LogP contribution in [-0.2, 0) is 11.3 Å². The third-order valence-electron chi connectivity index (χ3n) is 3.88. The van der Waals surface area contributed by atoms with Gasteiger partial charge in [-0.2, -0.15) is 0 Å². The van der Waals surface area contributed by atoms with E-state index >= 15 is 0 Å². The van der Waals surface area contributed by atoms with Gasteiger partial charge < -0.3 is 15.0 Å². The summed E-state index contributed by atoms with van der Waals surface area (Å²) in [6.45, 7) is 9.37. The molecule has 1 atom stereocenters. The normalized spacial score (nSPS) is 14.3. The number of aliphatic carboxylic acids is 1. The number of carbonyl (C=O) groups is 1. The van der Waals surface area contributed by atoms with Gasteiger partial charge in [-0.1, -0.05) is 13.8 Å². The number of nitrogens with zero attached hydrogens (tertiary/aromatic N) is 2. The van der Waals surface area contributed by atoms with Crippen molar-refractivity contribution >= 4 is 5.97 Å². The van der Waals surface area contributed by atoms with Crippen molar-refractivity contribution in [3.05, 3.63) is 17.7 Å². The Morgan fingerprint density at radius 3 is 2.58 bits per heavy atom. The Hall–Kier alpha value is -1.36. The minimum absolute atomic E-state index is 0.595. The van der Waals surface area contributed by atoms with Crippen LogP contribution >= 0.6 is 0 Å². The Morgan fingerprint density at radius 2 is 2.16 bits per heavy atom. The Morgan fingerprint density at radius 1 is 1.47 bits per heavy atom. The van der Waals surface area contributed by atoms with Gasteiger partial charge in [0.25, 0.3) is 0 Å². The smallest absolute Gasteiger partial charge is 0.323 e. The van der Waals surface area contributed by atoms with Crippen molar-refractivity contribution in [3.8, 4) is 0 Å². The summed E-state index contributed by atoms with van der Waals surface area (Å²) in [7, 11) is 0. The van der Waals surface area contributed by atoms with Gasteiger partial charge in [0.05, 0.1) is 12.0 Å². The second-order valence-electron chi connectivity index (χ2n) is 4.98. The molecule has 5 heteroatoms. The third kappa shape index (κ3) is 3.56. The van der Waals surface area contributed by atoms with Crippen molar-refractivity contribution < 1.29 is 9.90 Å². The number of hydrogen-bond donors (Lipinski definition) is 2. The molecule has 0 spiro atoms. The molecule has 108 valence electrons. The summed E-state index contributed by atoms with van der Waals surface area (Å²) in [6, 6.07) is 0. The van der Waals surface area contributed by atoms with E-state index in [1.165, 1.54) is 0 Å². The SMILES string of the molecule is CCNC(CC)(CCCn1cnc(C)c1C)C(=O)O. The highest BCUT2D eigenvalue weighted by Crippen LogP contribution is 2.19. The lowest BCUT2D eigenvalue weighted by Crippen LogP contribution is -2.51. The molecule has 1 rings (SSSR count). The molecule has 0 saturated heterocycles. The number of carboxylic acids is 1. The number of hydrogen-bond acceptors (Lipinski definition) is 3. The molecule has 1 unspecified atom stereocenters. The van der Waals surface area contributed by atoms with Gasteiger partial charge >= 0.3 is 5.97 Å². The first-order chi connectivity index (χ1) is 8.96. The number of aromatic nitrogens is 2. The molecule has 0 fully saturated rings. The van der Waals surface area contributed by atoms with Crippen molar-refractivity contribution in [2.75, 3.05) is 6.54 Å². The van der Waals surface area contributed by atoms with E-state index in [0.717, 1.165) is 24.4 Å². The number of aryl methyl sites for hydroxylation is 2. The summed E-state index contributed by atoms with van der Waals surface area (Å²) in [5.74, 6) is -0.754. The second kappa shape index (κ2) is 6.70. The topological polar surface area (TPSA) is 67.2 Å². The fourth-order valence-electron chi connectivity index (χ4n) is 2.38. The summed E-state index contributed by atoms with van der Waals surface area (Å²) in [4.78, 5) is 15.7. The molecule has 2 N–H and O–H groups in total. The van der Waals surface area contributed by atoms with E-state index in [1.807, 2.05) is 34.0 Å². The van der Waals surface area contributed by atoms with Crippen LogP contribution in [0.1, 0.15) is 44.5 Å². The molecular weight excluding hydrogens is 242 g/mol. The molecule has 0 aromatic carbocycles. The maximum Gasteiger partial charge on any atom is 0.323 e. The number of imidazole rings is 1. The molecule has 19 heavy (non-hydrogen) atoms. The molecule has 0 aliphatic carbocycles. The lowest BCUT2D eigenvalue weighted by Gasteiger charge is -2.29. The Bertz CT molecular complexity index is 428. The van der Waals surface area contributed by atoms with Gasteiger partial charge in [0.15, 0.2) is 0 Å². The van der Waals surface area contributed by atoms with Gasteiger partial charge in [0.2, 0.25) is 0 Å². The van der Waals surface area contributed by atoms with Crippen LogP contribution in [0.3, 0.4) is 0 Å². The zero-order chi connectivity index (χ0) is 14.5. The molecule has 1 heterocycles. The predicted octanol–water partition coefficient (Wildman–Crippen LogP) is 2.12. The molecular formula is C14H25N3O2. The molecule has 0 saturated carbocycles. The Kier molecular flexibility index (Phi) is 5.54. The van der Waals surface area contributed by atoms with Crippen molar-refractivity contribution in [3.63, 3.8) is 0 Å². The van der Waals surface area contributed by atoms with Gasteiger partial charge in [-0.3, -0.25) is 4.79 Å². The van der Waals surface area contributed by atoms with Crippen molar-refractivity contribution in [2.24, 2.45) is 0 Å². The first kappa shape index (κ1) is 15.7. The molecule has 0 bridgehead atoms. The number of nitrogens with one attached hydrogen (secondary N) is 1. The highest BCUT2D eigenvalue weighted by atomic mass is 16.4. The summed E-state index contributed by atoms with van der Waals surface area (Å²) >= 11 is 0. The maximum atomic E-state index is 11.5. The highest BCUT2D eigenvalue weighted by molar-refractivity contribution is 5.78. The quantitative estimate of drug-likeness (QED) is 0.757. The summed E-state index contributed by atoms with van der Waals surface area (Å²) in [5.41, 5.74) is 1.39. The molecule has 0 amide bonds. The molecule has 0 radical (unpaired) electrons. The van der Waals surface area contributed by atoms with Gasteiger partial charge in [-0.05, 0) is 39.7 Å². The summed E-state index contributed by atoms with van der Waals surface area (Å²) < 4.78 is 2.09. The van der Waals surface area contributed by atoms with Crippen LogP contribution in [0.25, 0.3) is 0 Å². The van der Waals surface area contributed by atoms with Crippen LogP contribution in [0.5, 0.6) is 0 Å². The molecule has 5 nitrogen and oxygen atoms in total. The van der Waals surface area contributed by atoms with E-state index in [2.05, 4.69) is 14.9 Å². The summed E-state index contributed by atoms with van der Waals surface area (Å²) in [6.07, 6.45) is 3.87. The fourth-order valence-corrected chi connectivity index (χ4v) is 2.38. The summed E-state index contributed by atoms with van der Waals surface area (Å²) in [5, 5.41) is 12.6. The van der Waals surface area contributed by atoms with E-state index in [-0.39, 0.29) is 0 Å². The lowest BCUT2D eigenvalue weighted by molar-refractivity contribution is -0.145. The van der Waals surface area contributed by atoms with Crippen molar-refractivity contribution in [1.82, 2.24) is 14.9 Å². The van der Waals surface area contributed by atoms with Gasteiger partial charge in [0, 0.05) is 12.2 Å². The largest absolute Gasteiger partial charge is 0.480 e. The average molecular weight is 267 g/mol. The van der Waals surface area contributed by atoms with Crippen molar-refractivity contribution in [1.29, 1.82) is 0 Å². The number of rotatable bonds is 8. The van der Waals surface area contributed by atoms with Gasteiger partial charge in [-0.25, -0.2) is 4.98 Å². The van der Waals surface area contributed by atoms with Crippen molar-refractivity contribution in [2.45, 2.75) is 59.0 Å². The first-order valence-electron chi connectivity index (χ1n) is 6.93. The van der Waals surface area contributed by atoms with E-state index in [1.54, 1.807) is 0 Å². The Labute approximate surface area is 115 Å². The lowest BCUT2D eigenvalue weighted by atomic mass is 9.90. The van der Waals surface area contributed by atoms with E-state index in [4.69, 9.17) is 0 Å². The molecule has 0 aliphatic rings. The van der Waals surface area contributed by atoms with Crippen LogP contribution in [0.15, 0.2) is 6.33 Å². The van der Waals surface area contributed by atoms with Crippen LogP contribution in [-0.4, -0.2) is 32.7 Å². The Balaban J connectivity index is 2.62. The fraction of sp³-hybridized carbons (Fsp3) is 0.714. The molecule has 1 aromatic rings. The molecule has 0 aliphatic heterocycles. The standard InChI is InChI=1S/C14H25N3O2/c1-5-14(13(18)19,16-6-2)8-7-9-17-10-15-11(3)12(17)4/h10,16H,5-9H2,1-4H3,(H,18,19). The average Bonchev–Trinajstić information content (AvgIpc) is 2.69. The first-order valence-corrected chi connectivity index (χ1v) is 6.93. The predicted molar refractivity (Wildman–Crippen MR) is 75.3 cm³/mol. The maximum absolute atomic E-state index is 11.5. The van der Waals surface area contributed by atoms with Crippen LogP contribution in [0.4, 0.5) is 0 Å². The van der Waals surface area contributed by atoms with E-state index in [9.17, 15) is 9.90 Å². The van der Waals surface area contributed by atoms with E-state index < -0.39 is 11.5 Å². The second-order valence-corrected chi connectivity index (χ2v) is 4.98. The number of likely N-dealkylation sites (N-methyl/N-ethyl adjacent to an activating group) is 1.